The van der Waals surface area contributed by atoms with E-state index >= 15 is 0 Å². The molecule has 1 aliphatic carbocycles. The summed E-state index contributed by atoms with van der Waals surface area (Å²) in [6.45, 7) is 3.48. The van der Waals surface area contributed by atoms with Crippen LogP contribution in [0, 0.1) is 0 Å². The van der Waals surface area contributed by atoms with Crippen LogP contribution in [0.2, 0.25) is 0 Å². The van der Waals surface area contributed by atoms with Crippen LogP contribution in [0.5, 0.6) is 0 Å². The van der Waals surface area contributed by atoms with E-state index in [4.69, 9.17) is 9.47 Å². The molecular weight excluding hydrogens is 420 g/mol. The SMILES string of the molecule is CCOC(=O)C1(NC(=O)/C=C/c2ccc(S(=O)(=O)N3CCOCC3)cc2)CCCCC1. The Labute approximate surface area is 183 Å². The normalized spacial score (nSPS) is 19.8. The Kier molecular flexibility index (Phi) is 7.85. The Morgan fingerprint density at radius 2 is 1.77 bits per heavy atom. The molecule has 0 unspecified atom stereocenters. The molecular formula is C22H30N2O6S. The maximum atomic E-state index is 12.7. The second-order valence-corrected chi connectivity index (χ2v) is 9.71. The minimum atomic E-state index is -3.55. The van der Waals surface area contributed by atoms with E-state index in [1.54, 1.807) is 25.1 Å². The molecule has 1 saturated heterocycles. The monoisotopic (exact) mass is 450 g/mol. The highest BCUT2D eigenvalue weighted by Crippen LogP contribution is 2.29. The van der Waals surface area contributed by atoms with Crippen LogP contribution in [0.15, 0.2) is 35.2 Å². The molecule has 1 amide bonds. The summed E-state index contributed by atoms with van der Waals surface area (Å²) in [6, 6.07) is 6.37. The van der Waals surface area contributed by atoms with Crippen LogP contribution in [0.4, 0.5) is 0 Å². The number of nitrogens with one attached hydrogen (secondary N) is 1. The van der Waals surface area contributed by atoms with Crippen molar-refractivity contribution in [2.24, 2.45) is 0 Å². The third-order valence-electron chi connectivity index (χ3n) is 5.65. The Morgan fingerprint density at radius 3 is 2.39 bits per heavy atom. The highest BCUT2D eigenvalue weighted by molar-refractivity contribution is 7.89. The number of sulfonamides is 1. The molecule has 1 N–H and O–H groups in total. The zero-order valence-corrected chi connectivity index (χ0v) is 18.7. The first-order valence-electron chi connectivity index (χ1n) is 10.7. The molecule has 9 heteroatoms. The largest absolute Gasteiger partial charge is 0.464 e. The molecule has 0 spiro atoms. The van der Waals surface area contributed by atoms with Gasteiger partial charge in [-0.1, -0.05) is 31.4 Å². The third kappa shape index (κ3) is 5.72. The minimum absolute atomic E-state index is 0.208. The van der Waals surface area contributed by atoms with E-state index in [1.807, 2.05) is 0 Å². The molecule has 0 radical (unpaired) electrons. The predicted molar refractivity (Wildman–Crippen MR) is 116 cm³/mol. The molecule has 0 bridgehead atoms. The van der Waals surface area contributed by atoms with E-state index in [-0.39, 0.29) is 23.4 Å². The van der Waals surface area contributed by atoms with Crippen LogP contribution >= 0.6 is 0 Å². The van der Waals surface area contributed by atoms with Crippen molar-refractivity contribution >= 4 is 28.0 Å². The van der Waals surface area contributed by atoms with Crippen LogP contribution in [0.1, 0.15) is 44.6 Å². The van der Waals surface area contributed by atoms with Crippen molar-refractivity contribution in [3.63, 3.8) is 0 Å². The van der Waals surface area contributed by atoms with E-state index in [0.717, 1.165) is 19.3 Å². The van der Waals surface area contributed by atoms with Crippen LogP contribution in [0.3, 0.4) is 0 Å². The topological polar surface area (TPSA) is 102 Å². The van der Waals surface area contributed by atoms with Gasteiger partial charge in [0, 0.05) is 19.2 Å². The fourth-order valence-corrected chi connectivity index (χ4v) is 5.35. The van der Waals surface area contributed by atoms with Crippen molar-refractivity contribution in [1.82, 2.24) is 9.62 Å². The third-order valence-corrected chi connectivity index (χ3v) is 7.56. The molecule has 170 valence electrons. The van der Waals surface area contributed by atoms with Gasteiger partial charge in [0.15, 0.2) is 0 Å². The van der Waals surface area contributed by atoms with E-state index in [0.29, 0.717) is 44.7 Å². The summed E-state index contributed by atoms with van der Waals surface area (Å²) in [4.78, 5) is 25.2. The maximum absolute atomic E-state index is 12.7. The lowest BCUT2D eigenvalue weighted by Crippen LogP contribution is -2.56. The zero-order chi connectivity index (χ0) is 22.3. The Bertz CT molecular complexity index is 898. The summed E-state index contributed by atoms with van der Waals surface area (Å²) in [5.74, 6) is -0.755. The number of carbonyl (C=O) groups is 2. The molecule has 1 saturated carbocycles. The van der Waals surface area contributed by atoms with E-state index < -0.39 is 15.6 Å². The molecule has 2 aliphatic rings. The van der Waals surface area contributed by atoms with Crippen LogP contribution < -0.4 is 5.32 Å². The number of morpholine rings is 1. The highest BCUT2D eigenvalue weighted by Gasteiger charge is 2.41. The number of amides is 1. The van der Waals surface area contributed by atoms with E-state index in [2.05, 4.69) is 5.32 Å². The van der Waals surface area contributed by atoms with Gasteiger partial charge in [0.2, 0.25) is 15.9 Å². The van der Waals surface area contributed by atoms with Gasteiger partial charge in [-0.15, -0.1) is 0 Å². The smallest absolute Gasteiger partial charge is 0.331 e. The molecule has 31 heavy (non-hydrogen) atoms. The van der Waals surface area contributed by atoms with Gasteiger partial charge in [-0.2, -0.15) is 4.31 Å². The fourth-order valence-electron chi connectivity index (χ4n) is 3.94. The Morgan fingerprint density at radius 1 is 1.13 bits per heavy atom. The first-order chi connectivity index (χ1) is 14.9. The average Bonchev–Trinajstić information content (AvgIpc) is 2.79. The van der Waals surface area contributed by atoms with Gasteiger partial charge in [0.25, 0.3) is 0 Å². The number of ether oxygens (including phenoxy) is 2. The number of carbonyl (C=O) groups excluding carboxylic acids is 2. The molecule has 1 aromatic rings. The van der Waals surface area contributed by atoms with Crippen molar-refractivity contribution in [2.75, 3.05) is 32.9 Å². The van der Waals surface area contributed by atoms with Gasteiger partial charge in [0.05, 0.1) is 24.7 Å². The van der Waals surface area contributed by atoms with Crippen molar-refractivity contribution in [2.45, 2.75) is 49.5 Å². The number of rotatable bonds is 7. The summed E-state index contributed by atoms with van der Waals surface area (Å²) in [7, 11) is -3.55. The average molecular weight is 451 g/mol. The van der Waals surface area contributed by atoms with Crippen molar-refractivity contribution in [3.05, 3.63) is 35.9 Å². The van der Waals surface area contributed by atoms with E-state index in [9.17, 15) is 18.0 Å². The molecule has 1 aliphatic heterocycles. The second kappa shape index (κ2) is 10.4. The van der Waals surface area contributed by atoms with Gasteiger partial charge in [-0.25, -0.2) is 13.2 Å². The molecule has 0 atom stereocenters. The summed E-state index contributed by atoms with van der Waals surface area (Å²) in [5.41, 5.74) is -0.281. The van der Waals surface area contributed by atoms with Gasteiger partial charge in [-0.3, -0.25) is 4.79 Å². The number of hydrogen-bond donors (Lipinski definition) is 1. The van der Waals surface area contributed by atoms with Crippen molar-refractivity contribution in [3.8, 4) is 0 Å². The van der Waals surface area contributed by atoms with Gasteiger partial charge in [0.1, 0.15) is 5.54 Å². The number of benzene rings is 1. The second-order valence-electron chi connectivity index (χ2n) is 7.77. The molecule has 1 aromatic carbocycles. The molecule has 1 heterocycles. The lowest BCUT2D eigenvalue weighted by molar-refractivity contribution is -0.154. The van der Waals surface area contributed by atoms with Crippen molar-refractivity contribution < 1.29 is 27.5 Å². The lowest BCUT2D eigenvalue weighted by Gasteiger charge is -2.35. The Hall–Kier alpha value is -2.23. The quantitative estimate of drug-likeness (QED) is 0.504. The Balaban J connectivity index is 1.65. The van der Waals surface area contributed by atoms with Gasteiger partial charge < -0.3 is 14.8 Å². The number of nitrogens with zero attached hydrogens (tertiary/aromatic N) is 1. The fraction of sp³-hybridized carbons (Fsp3) is 0.545. The van der Waals surface area contributed by atoms with Gasteiger partial charge in [-0.05, 0) is 43.5 Å². The predicted octanol–water partition coefficient (Wildman–Crippen LogP) is 2.10. The molecule has 8 nitrogen and oxygen atoms in total. The molecule has 3 rings (SSSR count). The molecule has 0 aromatic heterocycles. The minimum Gasteiger partial charge on any atom is -0.464 e. The number of esters is 1. The summed E-state index contributed by atoms with van der Waals surface area (Å²) < 4.78 is 37.2. The van der Waals surface area contributed by atoms with Crippen LogP contribution in [0.25, 0.3) is 6.08 Å². The van der Waals surface area contributed by atoms with Crippen molar-refractivity contribution in [1.29, 1.82) is 0 Å². The van der Waals surface area contributed by atoms with Gasteiger partial charge >= 0.3 is 5.97 Å². The lowest BCUT2D eigenvalue weighted by atomic mass is 9.81. The standard InChI is InChI=1S/C22H30N2O6S/c1-2-30-21(26)22(12-4-3-5-13-22)23-20(25)11-8-18-6-9-19(10-7-18)31(27,28)24-14-16-29-17-15-24/h6-11H,2-5,12-17H2,1H3,(H,23,25)/b11-8+. The summed E-state index contributed by atoms with van der Waals surface area (Å²) >= 11 is 0. The number of hydrogen-bond acceptors (Lipinski definition) is 6. The first-order valence-corrected chi connectivity index (χ1v) is 12.2. The summed E-state index contributed by atoms with van der Waals surface area (Å²) in [5, 5.41) is 2.85. The van der Waals surface area contributed by atoms with E-state index in [1.165, 1.54) is 22.5 Å². The highest BCUT2D eigenvalue weighted by atomic mass is 32.2. The maximum Gasteiger partial charge on any atom is 0.331 e. The first kappa shape index (κ1) is 23.4. The molecule has 2 fully saturated rings. The van der Waals surface area contributed by atoms with Crippen LogP contribution in [-0.2, 0) is 29.1 Å². The van der Waals surface area contributed by atoms with Crippen LogP contribution in [-0.4, -0.2) is 63.0 Å². The summed E-state index contributed by atoms with van der Waals surface area (Å²) in [6.07, 6.45) is 6.86. The zero-order valence-electron chi connectivity index (χ0n) is 17.8.